The van der Waals surface area contributed by atoms with Gasteiger partial charge in [0.1, 0.15) is 5.75 Å². The van der Waals surface area contributed by atoms with E-state index in [-0.39, 0.29) is 6.10 Å². The smallest absolute Gasteiger partial charge is 0.143 e. The van der Waals surface area contributed by atoms with Crippen molar-refractivity contribution in [3.63, 3.8) is 0 Å². The molecule has 4 heteroatoms. The monoisotopic (exact) mass is 210 g/mol. The maximum atomic E-state index is 9.27. The number of likely N-dealkylation sites (N-methyl/N-ethyl adjacent to an activating group) is 1. The number of nitrogen functional groups attached to an aromatic ring is 1. The third kappa shape index (κ3) is 3.02. The average Bonchev–Trinajstić information content (AvgIpc) is 2.17. The minimum absolute atomic E-state index is 0.362. The average molecular weight is 210 g/mol. The summed E-state index contributed by atoms with van der Waals surface area (Å²) in [6.45, 7) is 2.33. The number of methoxy groups -OCH3 is 1. The van der Waals surface area contributed by atoms with Crippen LogP contribution in [-0.2, 0) is 0 Å². The largest absolute Gasteiger partial charge is 0.495 e. The van der Waals surface area contributed by atoms with Gasteiger partial charge in [0.05, 0.1) is 18.9 Å². The summed E-state index contributed by atoms with van der Waals surface area (Å²) >= 11 is 0. The van der Waals surface area contributed by atoms with Crippen LogP contribution in [0.1, 0.15) is 6.92 Å². The SMILES string of the molecule is COc1cc(N(C)CC(C)O)ccc1N. The summed E-state index contributed by atoms with van der Waals surface area (Å²) in [5.74, 6) is 0.657. The summed E-state index contributed by atoms with van der Waals surface area (Å²) in [5, 5.41) is 9.27. The third-order valence-corrected chi connectivity index (χ3v) is 2.20. The van der Waals surface area contributed by atoms with Crippen LogP contribution in [0.5, 0.6) is 5.75 Å². The van der Waals surface area contributed by atoms with Gasteiger partial charge in [-0.1, -0.05) is 0 Å². The van der Waals surface area contributed by atoms with Gasteiger partial charge in [-0.25, -0.2) is 0 Å². The van der Waals surface area contributed by atoms with Crippen LogP contribution < -0.4 is 15.4 Å². The van der Waals surface area contributed by atoms with Gasteiger partial charge in [0.2, 0.25) is 0 Å². The normalized spacial score (nSPS) is 12.3. The van der Waals surface area contributed by atoms with Gasteiger partial charge in [-0.3, -0.25) is 0 Å². The lowest BCUT2D eigenvalue weighted by Gasteiger charge is -2.21. The molecule has 4 nitrogen and oxygen atoms in total. The number of ether oxygens (including phenoxy) is 1. The molecule has 3 N–H and O–H groups in total. The van der Waals surface area contributed by atoms with Crippen molar-refractivity contribution in [1.29, 1.82) is 0 Å². The Kier molecular flexibility index (Phi) is 3.80. The molecule has 0 saturated heterocycles. The third-order valence-electron chi connectivity index (χ3n) is 2.20. The Morgan fingerprint density at radius 1 is 1.53 bits per heavy atom. The molecule has 0 aromatic heterocycles. The number of anilines is 2. The molecule has 0 radical (unpaired) electrons. The molecule has 0 aliphatic rings. The van der Waals surface area contributed by atoms with Gasteiger partial charge < -0.3 is 20.5 Å². The molecule has 0 heterocycles. The second kappa shape index (κ2) is 4.89. The van der Waals surface area contributed by atoms with E-state index in [0.717, 1.165) is 5.69 Å². The first-order valence-electron chi connectivity index (χ1n) is 4.87. The highest BCUT2D eigenvalue weighted by Crippen LogP contribution is 2.26. The summed E-state index contributed by atoms with van der Waals surface area (Å²) < 4.78 is 5.13. The molecule has 1 aromatic rings. The Bertz CT molecular complexity index is 326. The first-order chi connectivity index (χ1) is 7.04. The first-order valence-corrected chi connectivity index (χ1v) is 4.87. The Morgan fingerprint density at radius 3 is 2.73 bits per heavy atom. The molecule has 15 heavy (non-hydrogen) atoms. The van der Waals surface area contributed by atoms with E-state index >= 15 is 0 Å². The number of aliphatic hydroxyl groups is 1. The number of nitrogens with two attached hydrogens (primary N) is 1. The van der Waals surface area contributed by atoms with Crippen molar-refractivity contribution in [2.75, 3.05) is 31.3 Å². The van der Waals surface area contributed by atoms with Gasteiger partial charge >= 0.3 is 0 Å². The Hall–Kier alpha value is -1.42. The van der Waals surface area contributed by atoms with Crippen molar-refractivity contribution in [3.05, 3.63) is 18.2 Å². The number of benzene rings is 1. The van der Waals surface area contributed by atoms with Crippen molar-refractivity contribution < 1.29 is 9.84 Å². The van der Waals surface area contributed by atoms with Gasteiger partial charge in [-0.15, -0.1) is 0 Å². The molecular weight excluding hydrogens is 192 g/mol. The zero-order chi connectivity index (χ0) is 11.4. The minimum Gasteiger partial charge on any atom is -0.495 e. The topological polar surface area (TPSA) is 58.7 Å². The van der Waals surface area contributed by atoms with Crippen LogP contribution in [0.4, 0.5) is 11.4 Å². The number of hydrogen-bond acceptors (Lipinski definition) is 4. The summed E-state index contributed by atoms with van der Waals surface area (Å²) in [7, 11) is 3.50. The highest BCUT2D eigenvalue weighted by molar-refractivity contribution is 5.62. The van der Waals surface area contributed by atoms with Crippen molar-refractivity contribution in [3.8, 4) is 5.75 Å². The molecular formula is C11H18N2O2. The minimum atomic E-state index is -0.362. The van der Waals surface area contributed by atoms with E-state index in [4.69, 9.17) is 10.5 Å². The fourth-order valence-corrected chi connectivity index (χ4v) is 1.44. The molecule has 0 aliphatic heterocycles. The highest BCUT2D eigenvalue weighted by atomic mass is 16.5. The van der Waals surface area contributed by atoms with Gasteiger partial charge in [0, 0.05) is 25.3 Å². The molecule has 0 fully saturated rings. The number of rotatable bonds is 4. The fourth-order valence-electron chi connectivity index (χ4n) is 1.44. The molecule has 0 saturated carbocycles. The lowest BCUT2D eigenvalue weighted by molar-refractivity contribution is 0.201. The summed E-state index contributed by atoms with van der Waals surface area (Å²) in [4.78, 5) is 1.95. The molecule has 0 amide bonds. The zero-order valence-electron chi connectivity index (χ0n) is 9.40. The van der Waals surface area contributed by atoms with Crippen molar-refractivity contribution in [1.82, 2.24) is 0 Å². The van der Waals surface area contributed by atoms with Gasteiger partial charge in [-0.05, 0) is 19.1 Å². The van der Waals surface area contributed by atoms with Gasteiger partial charge in [-0.2, -0.15) is 0 Å². The zero-order valence-corrected chi connectivity index (χ0v) is 9.40. The molecule has 0 bridgehead atoms. The van der Waals surface area contributed by atoms with E-state index in [1.54, 1.807) is 20.1 Å². The van der Waals surface area contributed by atoms with Gasteiger partial charge in [0.15, 0.2) is 0 Å². The van der Waals surface area contributed by atoms with Crippen LogP contribution in [0.3, 0.4) is 0 Å². The maximum absolute atomic E-state index is 9.27. The van der Waals surface area contributed by atoms with E-state index in [2.05, 4.69) is 0 Å². The van der Waals surface area contributed by atoms with Crippen LogP contribution in [-0.4, -0.2) is 31.9 Å². The quantitative estimate of drug-likeness (QED) is 0.730. The molecule has 1 unspecified atom stereocenters. The summed E-state index contributed by atoms with van der Waals surface area (Å²) in [6, 6.07) is 5.56. The fraction of sp³-hybridized carbons (Fsp3) is 0.455. The number of aliphatic hydroxyl groups excluding tert-OH is 1. The Morgan fingerprint density at radius 2 is 2.20 bits per heavy atom. The van der Waals surface area contributed by atoms with E-state index < -0.39 is 0 Å². The van der Waals surface area contributed by atoms with Crippen LogP contribution in [0.25, 0.3) is 0 Å². The van der Waals surface area contributed by atoms with E-state index in [0.29, 0.717) is 18.0 Å². The van der Waals surface area contributed by atoms with Gasteiger partial charge in [0.25, 0.3) is 0 Å². The maximum Gasteiger partial charge on any atom is 0.143 e. The number of hydrogen-bond donors (Lipinski definition) is 2. The summed E-state index contributed by atoms with van der Waals surface area (Å²) in [5.41, 5.74) is 7.30. The first kappa shape index (κ1) is 11.7. The van der Waals surface area contributed by atoms with E-state index in [1.165, 1.54) is 0 Å². The Balaban J connectivity index is 2.85. The molecule has 0 spiro atoms. The van der Waals surface area contributed by atoms with E-state index in [1.807, 2.05) is 24.1 Å². The summed E-state index contributed by atoms with van der Waals surface area (Å²) in [6.07, 6.45) is -0.362. The second-order valence-electron chi connectivity index (χ2n) is 3.66. The molecule has 1 rings (SSSR count). The Labute approximate surface area is 90.3 Å². The van der Waals surface area contributed by atoms with Crippen LogP contribution in [0, 0.1) is 0 Å². The predicted molar refractivity (Wildman–Crippen MR) is 62.4 cm³/mol. The number of nitrogens with zero attached hydrogens (tertiary/aromatic N) is 1. The molecule has 1 aromatic carbocycles. The highest BCUT2D eigenvalue weighted by Gasteiger charge is 2.07. The van der Waals surface area contributed by atoms with Crippen molar-refractivity contribution in [2.45, 2.75) is 13.0 Å². The van der Waals surface area contributed by atoms with Crippen LogP contribution in [0.2, 0.25) is 0 Å². The lowest BCUT2D eigenvalue weighted by atomic mass is 10.2. The predicted octanol–water partition coefficient (Wildman–Crippen LogP) is 1.09. The van der Waals surface area contributed by atoms with Crippen molar-refractivity contribution in [2.24, 2.45) is 0 Å². The van der Waals surface area contributed by atoms with Crippen LogP contribution in [0.15, 0.2) is 18.2 Å². The van der Waals surface area contributed by atoms with Crippen LogP contribution >= 0.6 is 0 Å². The molecule has 84 valence electrons. The van der Waals surface area contributed by atoms with E-state index in [9.17, 15) is 5.11 Å². The molecule has 0 aliphatic carbocycles. The molecule has 1 atom stereocenters. The lowest BCUT2D eigenvalue weighted by Crippen LogP contribution is -2.26. The van der Waals surface area contributed by atoms with Crippen molar-refractivity contribution >= 4 is 11.4 Å². The standard InChI is InChI=1S/C11H18N2O2/c1-8(14)7-13(2)9-4-5-10(12)11(6-9)15-3/h4-6,8,14H,7,12H2,1-3H3. The second-order valence-corrected chi connectivity index (χ2v) is 3.66.